The molecule has 156 valence electrons. The van der Waals surface area contributed by atoms with Crippen LogP contribution in [0.1, 0.15) is 45.8 Å². The maximum Gasteiger partial charge on any atom is 0.269 e. The summed E-state index contributed by atoms with van der Waals surface area (Å²) in [6, 6.07) is 13.3. The molecule has 0 fully saturated rings. The average molecular weight is 447 g/mol. The van der Waals surface area contributed by atoms with Gasteiger partial charge in [0, 0.05) is 21.7 Å². The van der Waals surface area contributed by atoms with Gasteiger partial charge in [-0.15, -0.1) is 5.54 Å². The van der Waals surface area contributed by atoms with Crippen LogP contribution in [0.3, 0.4) is 0 Å². The highest BCUT2D eigenvalue weighted by Gasteiger charge is 2.28. The number of aliphatic imine (C=N–C) groups is 1. The van der Waals surface area contributed by atoms with Crippen molar-refractivity contribution in [1.82, 2.24) is 9.55 Å². The van der Waals surface area contributed by atoms with Gasteiger partial charge < -0.3 is 5.73 Å². The SMILES string of the molecule is C[C@@H]1N=C(c2ccccc2Cl)c2cc(C#C[Si](C)(C)C)ccc2-n2cnc(C(N)=O)c21. The zero-order valence-electron chi connectivity index (χ0n) is 17.9. The Hall–Kier alpha value is -3.14. The van der Waals surface area contributed by atoms with Gasteiger partial charge in [0.15, 0.2) is 5.69 Å². The van der Waals surface area contributed by atoms with Crippen LogP contribution in [0.5, 0.6) is 0 Å². The highest BCUT2D eigenvalue weighted by atomic mass is 35.5. The number of hydrogen-bond donors (Lipinski definition) is 1. The number of nitrogens with two attached hydrogens (primary N) is 1. The molecule has 2 N–H and O–H groups in total. The number of halogens is 1. The van der Waals surface area contributed by atoms with Crippen molar-refractivity contribution in [2.75, 3.05) is 0 Å². The van der Waals surface area contributed by atoms with Gasteiger partial charge in [0.2, 0.25) is 0 Å². The third-order valence-electron chi connectivity index (χ3n) is 4.98. The second kappa shape index (κ2) is 7.84. The molecule has 0 saturated heterocycles. The molecule has 31 heavy (non-hydrogen) atoms. The van der Waals surface area contributed by atoms with E-state index in [1.54, 1.807) is 6.33 Å². The second-order valence-corrected chi connectivity index (χ2v) is 13.7. The number of carbonyl (C=O) groups excluding carboxylic acids is 1. The fourth-order valence-corrected chi connectivity index (χ4v) is 4.35. The molecule has 1 amide bonds. The maximum atomic E-state index is 12.0. The summed E-state index contributed by atoms with van der Waals surface area (Å²) in [5, 5.41) is 0.609. The van der Waals surface area contributed by atoms with E-state index in [1.165, 1.54) is 0 Å². The highest BCUT2D eigenvalue weighted by molar-refractivity contribution is 6.83. The van der Waals surface area contributed by atoms with E-state index < -0.39 is 14.0 Å². The fourth-order valence-electron chi connectivity index (χ4n) is 3.60. The summed E-state index contributed by atoms with van der Waals surface area (Å²) in [6.45, 7) is 8.56. The molecule has 1 aliphatic rings. The van der Waals surface area contributed by atoms with E-state index in [-0.39, 0.29) is 11.7 Å². The van der Waals surface area contributed by atoms with Gasteiger partial charge in [0.05, 0.1) is 23.1 Å². The molecule has 1 aliphatic heterocycles. The van der Waals surface area contributed by atoms with Gasteiger partial charge >= 0.3 is 0 Å². The van der Waals surface area contributed by atoms with Crippen molar-refractivity contribution in [2.45, 2.75) is 32.6 Å². The Balaban J connectivity index is 2.02. The molecule has 2 aromatic carbocycles. The molecular formula is C24H23ClN4OSi. The minimum absolute atomic E-state index is 0.227. The molecular weight excluding hydrogens is 424 g/mol. The Kier molecular flexibility index (Phi) is 5.34. The van der Waals surface area contributed by atoms with Crippen LogP contribution in [0.25, 0.3) is 5.69 Å². The van der Waals surface area contributed by atoms with Crippen LogP contribution in [0.4, 0.5) is 0 Å². The Morgan fingerprint density at radius 3 is 2.58 bits per heavy atom. The zero-order valence-corrected chi connectivity index (χ0v) is 19.7. The number of benzene rings is 2. The molecule has 0 saturated carbocycles. The molecule has 7 heteroatoms. The van der Waals surface area contributed by atoms with Crippen LogP contribution in [0.15, 0.2) is 53.8 Å². The predicted molar refractivity (Wildman–Crippen MR) is 128 cm³/mol. The molecule has 0 radical (unpaired) electrons. The van der Waals surface area contributed by atoms with Gasteiger partial charge in [-0.05, 0) is 31.2 Å². The Morgan fingerprint density at radius 1 is 1.16 bits per heavy atom. The highest BCUT2D eigenvalue weighted by Crippen LogP contribution is 2.34. The normalized spacial score (nSPS) is 15.1. The molecule has 0 unspecified atom stereocenters. The van der Waals surface area contributed by atoms with E-state index >= 15 is 0 Å². The van der Waals surface area contributed by atoms with Crippen molar-refractivity contribution in [3.63, 3.8) is 0 Å². The van der Waals surface area contributed by atoms with Gasteiger partial charge in [-0.1, -0.05) is 55.4 Å². The van der Waals surface area contributed by atoms with E-state index in [2.05, 4.69) is 36.1 Å². The molecule has 0 spiro atoms. The van der Waals surface area contributed by atoms with E-state index in [1.807, 2.05) is 54.0 Å². The zero-order chi connectivity index (χ0) is 22.3. The van der Waals surface area contributed by atoms with Crippen molar-refractivity contribution in [1.29, 1.82) is 0 Å². The first-order chi connectivity index (χ1) is 14.7. The number of hydrogen-bond acceptors (Lipinski definition) is 3. The van der Waals surface area contributed by atoms with E-state index in [4.69, 9.17) is 22.3 Å². The lowest BCUT2D eigenvalue weighted by atomic mass is 9.98. The standard InChI is InChI=1S/C24H23ClN4OSi/c1-15-23-22(24(26)30)27-14-29(23)20-10-9-16(11-12-31(2,3)4)13-18(20)21(28-15)17-7-5-6-8-19(17)25/h5-10,13-15H,1-4H3,(H2,26,30)/t15-/m0/s1. The first-order valence-electron chi connectivity index (χ1n) is 10.0. The maximum absolute atomic E-state index is 12.0. The summed E-state index contributed by atoms with van der Waals surface area (Å²) in [7, 11) is -1.53. The van der Waals surface area contributed by atoms with Crippen molar-refractivity contribution >= 4 is 31.3 Å². The molecule has 1 atom stereocenters. The number of rotatable bonds is 2. The lowest BCUT2D eigenvalue weighted by molar-refractivity contribution is 0.0994. The molecule has 0 aliphatic carbocycles. The Bertz CT molecular complexity index is 1290. The summed E-state index contributed by atoms with van der Waals surface area (Å²) in [5.74, 6) is 2.75. The molecule has 0 bridgehead atoms. The third-order valence-corrected chi connectivity index (χ3v) is 6.18. The monoisotopic (exact) mass is 446 g/mol. The van der Waals surface area contributed by atoms with E-state index in [0.29, 0.717) is 10.7 Å². The number of carbonyl (C=O) groups is 1. The number of imidazole rings is 1. The van der Waals surface area contributed by atoms with Gasteiger partial charge in [-0.25, -0.2) is 4.98 Å². The summed E-state index contributed by atoms with van der Waals surface area (Å²) in [4.78, 5) is 21.2. The summed E-state index contributed by atoms with van der Waals surface area (Å²) in [6.07, 6.45) is 1.63. The average Bonchev–Trinajstić information content (AvgIpc) is 3.11. The minimum atomic E-state index is -1.53. The number of amides is 1. The van der Waals surface area contributed by atoms with Gasteiger partial charge in [-0.2, -0.15) is 0 Å². The molecule has 3 aromatic rings. The summed E-state index contributed by atoms with van der Waals surface area (Å²) in [5.41, 5.74) is 14.1. The second-order valence-electron chi connectivity index (χ2n) is 8.58. The first-order valence-corrected chi connectivity index (χ1v) is 13.9. The number of primary amides is 1. The summed E-state index contributed by atoms with van der Waals surface area (Å²) < 4.78 is 1.89. The molecule has 4 rings (SSSR count). The quantitative estimate of drug-likeness (QED) is 0.455. The number of nitrogens with zero attached hydrogens (tertiary/aromatic N) is 3. The molecule has 5 nitrogen and oxygen atoms in total. The van der Waals surface area contributed by atoms with Crippen LogP contribution < -0.4 is 5.73 Å². The van der Waals surface area contributed by atoms with Crippen LogP contribution >= 0.6 is 11.6 Å². The summed E-state index contributed by atoms with van der Waals surface area (Å²) >= 11 is 6.56. The van der Waals surface area contributed by atoms with Crippen molar-refractivity contribution in [2.24, 2.45) is 10.7 Å². The molecule has 1 aromatic heterocycles. The lowest BCUT2D eigenvalue weighted by Gasteiger charge is -2.13. The number of aromatic nitrogens is 2. The van der Waals surface area contributed by atoms with Gasteiger partial charge in [-0.3, -0.25) is 14.4 Å². The van der Waals surface area contributed by atoms with Crippen molar-refractivity contribution < 1.29 is 4.79 Å². The van der Waals surface area contributed by atoms with Gasteiger partial charge in [0.25, 0.3) is 5.91 Å². The topological polar surface area (TPSA) is 73.3 Å². The van der Waals surface area contributed by atoms with Crippen molar-refractivity contribution in [3.8, 4) is 17.2 Å². The van der Waals surface area contributed by atoms with Crippen LogP contribution in [-0.2, 0) is 0 Å². The largest absolute Gasteiger partial charge is 0.364 e. The van der Waals surface area contributed by atoms with Gasteiger partial charge in [0.1, 0.15) is 14.4 Å². The van der Waals surface area contributed by atoms with Crippen LogP contribution in [0.2, 0.25) is 24.7 Å². The lowest BCUT2D eigenvalue weighted by Crippen LogP contribution is -2.16. The third kappa shape index (κ3) is 4.07. The van der Waals surface area contributed by atoms with E-state index in [9.17, 15) is 4.79 Å². The minimum Gasteiger partial charge on any atom is -0.364 e. The van der Waals surface area contributed by atoms with Crippen LogP contribution in [-0.4, -0.2) is 29.2 Å². The fraction of sp³-hybridized carbons (Fsp3) is 0.208. The Labute approximate surface area is 188 Å². The van der Waals surface area contributed by atoms with Crippen molar-refractivity contribution in [3.05, 3.63) is 81.9 Å². The Morgan fingerprint density at radius 2 is 1.90 bits per heavy atom. The number of fused-ring (bicyclic) bond motifs is 3. The van der Waals surface area contributed by atoms with Crippen LogP contribution in [0, 0.1) is 11.5 Å². The molecule has 2 heterocycles. The van der Waals surface area contributed by atoms with E-state index in [0.717, 1.165) is 28.1 Å². The first kappa shape index (κ1) is 21.1. The predicted octanol–water partition coefficient (Wildman–Crippen LogP) is 4.77. The smallest absolute Gasteiger partial charge is 0.269 e.